The average Bonchev–Trinajstić information content (AvgIpc) is 2.40. The van der Waals surface area contributed by atoms with Crippen LogP contribution in [0.4, 0.5) is 5.82 Å². The standard InChI is InChI=1S/C11H13BrN2O/c1-4-6-7(12)5-13-9-8(6)11(2,3)10(15)14-9/h5H,4H2,1-3H3,(H,13,14,15). The summed E-state index contributed by atoms with van der Waals surface area (Å²) in [7, 11) is 0. The number of hydrogen-bond acceptors (Lipinski definition) is 2. The Morgan fingerprint density at radius 2 is 2.20 bits per heavy atom. The molecule has 80 valence electrons. The molecule has 2 rings (SSSR count). The second-order valence-electron chi connectivity index (χ2n) is 4.24. The van der Waals surface area contributed by atoms with E-state index in [1.54, 1.807) is 6.20 Å². The molecule has 0 unspecified atom stereocenters. The molecule has 15 heavy (non-hydrogen) atoms. The second-order valence-corrected chi connectivity index (χ2v) is 5.10. The molecule has 3 nitrogen and oxygen atoms in total. The van der Waals surface area contributed by atoms with Crippen LogP contribution in [0.3, 0.4) is 0 Å². The lowest BCUT2D eigenvalue weighted by Gasteiger charge is -2.18. The third kappa shape index (κ3) is 1.39. The summed E-state index contributed by atoms with van der Waals surface area (Å²) in [5.74, 6) is 0.739. The molecule has 0 fully saturated rings. The van der Waals surface area contributed by atoms with Gasteiger partial charge in [0.15, 0.2) is 0 Å². The fraction of sp³-hybridized carbons (Fsp3) is 0.455. The Hall–Kier alpha value is -0.900. The van der Waals surface area contributed by atoms with Crippen molar-refractivity contribution in [2.24, 2.45) is 0 Å². The highest BCUT2D eigenvalue weighted by Crippen LogP contribution is 2.40. The summed E-state index contributed by atoms with van der Waals surface area (Å²) in [5.41, 5.74) is 1.73. The van der Waals surface area contributed by atoms with Gasteiger partial charge in [-0.25, -0.2) is 4.98 Å². The highest BCUT2D eigenvalue weighted by atomic mass is 79.9. The van der Waals surface area contributed by atoms with Crippen LogP contribution < -0.4 is 5.32 Å². The van der Waals surface area contributed by atoms with Gasteiger partial charge in [-0.05, 0) is 41.8 Å². The van der Waals surface area contributed by atoms with Crippen molar-refractivity contribution in [2.75, 3.05) is 5.32 Å². The SMILES string of the molecule is CCc1c(Br)cnc2c1C(C)(C)C(=O)N2. The Kier molecular flexibility index (Phi) is 2.34. The van der Waals surface area contributed by atoms with E-state index >= 15 is 0 Å². The first kappa shape index (κ1) is 10.6. The molecule has 0 radical (unpaired) electrons. The Bertz CT molecular complexity index is 440. The van der Waals surface area contributed by atoms with Gasteiger partial charge in [-0.3, -0.25) is 4.79 Å². The second kappa shape index (κ2) is 3.30. The Morgan fingerprint density at radius 3 is 2.80 bits per heavy atom. The van der Waals surface area contributed by atoms with E-state index in [2.05, 4.69) is 33.2 Å². The Balaban J connectivity index is 2.73. The average molecular weight is 269 g/mol. The normalized spacial score (nSPS) is 17.5. The van der Waals surface area contributed by atoms with E-state index in [4.69, 9.17) is 0 Å². The summed E-state index contributed by atoms with van der Waals surface area (Å²) in [5, 5.41) is 2.82. The molecule has 0 atom stereocenters. The zero-order chi connectivity index (χ0) is 11.2. The van der Waals surface area contributed by atoms with Gasteiger partial charge in [-0.1, -0.05) is 6.92 Å². The number of nitrogens with one attached hydrogen (secondary N) is 1. The maximum absolute atomic E-state index is 11.8. The van der Waals surface area contributed by atoms with Gasteiger partial charge in [-0.2, -0.15) is 0 Å². The molecule has 1 aromatic rings. The summed E-state index contributed by atoms with van der Waals surface area (Å²) >= 11 is 3.48. The quantitative estimate of drug-likeness (QED) is 0.851. The summed E-state index contributed by atoms with van der Waals surface area (Å²) in [4.78, 5) is 16.0. The molecule has 0 saturated carbocycles. The molecule has 0 spiro atoms. The van der Waals surface area contributed by atoms with Crippen LogP contribution in [0.25, 0.3) is 0 Å². The predicted molar refractivity (Wildman–Crippen MR) is 63.0 cm³/mol. The molecule has 0 aliphatic carbocycles. The van der Waals surface area contributed by atoms with E-state index in [-0.39, 0.29) is 5.91 Å². The molecule has 0 saturated heterocycles. The highest BCUT2D eigenvalue weighted by Gasteiger charge is 2.41. The lowest BCUT2D eigenvalue weighted by Crippen LogP contribution is -2.27. The van der Waals surface area contributed by atoms with E-state index in [1.165, 1.54) is 5.56 Å². The summed E-state index contributed by atoms with van der Waals surface area (Å²) in [6.45, 7) is 5.95. The number of pyridine rings is 1. The number of carbonyl (C=O) groups is 1. The lowest BCUT2D eigenvalue weighted by molar-refractivity contribution is -0.119. The van der Waals surface area contributed by atoms with E-state index in [1.807, 2.05) is 13.8 Å². The van der Waals surface area contributed by atoms with E-state index < -0.39 is 5.41 Å². The molecule has 1 amide bonds. The van der Waals surface area contributed by atoms with Crippen LogP contribution in [0, 0.1) is 0 Å². The first-order chi connectivity index (χ1) is 6.98. The van der Waals surface area contributed by atoms with Gasteiger partial charge in [0.25, 0.3) is 0 Å². The number of rotatable bonds is 1. The number of hydrogen-bond donors (Lipinski definition) is 1. The zero-order valence-corrected chi connectivity index (χ0v) is 10.6. The minimum absolute atomic E-state index is 0.0257. The molecule has 0 aromatic carbocycles. The smallest absolute Gasteiger partial charge is 0.235 e. The van der Waals surface area contributed by atoms with Crippen molar-refractivity contribution in [1.29, 1.82) is 0 Å². The number of fused-ring (bicyclic) bond motifs is 1. The third-order valence-electron chi connectivity index (χ3n) is 2.91. The number of amides is 1. The minimum atomic E-state index is -0.475. The van der Waals surface area contributed by atoms with Gasteiger partial charge < -0.3 is 5.32 Å². The van der Waals surface area contributed by atoms with Gasteiger partial charge >= 0.3 is 0 Å². The van der Waals surface area contributed by atoms with Crippen LogP contribution in [0.2, 0.25) is 0 Å². The van der Waals surface area contributed by atoms with Gasteiger partial charge in [0.2, 0.25) is 5.91 Å². The molecule has 0 bridgehead atoms. The van der Waals surface area contributed by atoms with Crippen LogP contribution >= 0.6 is 15.9 Å². The molecule has 1 aromatic heterocycles. The molecular formula is C11H13BrN2O. The molecule has 4 heteroatoms. The van der Waals surface area contributed by atoms with E-state index in [9.17, 15) is 4.79 Å². The number of aromatic nitrogens is 1. The summed E-state index contributed by atoms with van der Waals surface area (Å²) < 4.78 is 0.980. The maximum atomic E-state index is 11.8. The molecule has 1 N–H and O–H groups in total. The van der Waals surface area contributed by atoms with E-state index in [0.717, 1.165) is 16.5 Å². The number of anilines is 1. The van der Waals surface area contributed by atoms with Crippen LogP contribution in [-0.2, 0) is 16.6 Å². The van der Waals surface area contributed by atoms with Gasteiger partial charge in [0, 0.05) is 16.2 Å². The van der Waals surface area contributed by atoms with Crippen LogP contribution in [0.15, 0.2) is 10.7 Å². The van der Waals surface area contributed by atoms with Crippen molar-refractivity contribution in [2.45, 2.75) is 32.6 Å². The summed E-state index contributed by atoms with van der Waals surface area (Å²) in [6, 6.07) is 0. The highest BCUT2D eigenvalue weighted by molar-refractivity contribution is 9.10. The molecule has 2 heterocycles. The summed E-state index contributed by atoms with van der Waals surface area (Å²) in [6.07, 6.45) is 2.64. The number of halogens is 1. The maximum Gasteiger partial charge on any atom is 0.235 e. The van der Waals surface area contributed by atoms with Crippen molar-refractivity contribution >= 4 is 27.7 Å². The lowest BCUT2D eigenvalue weighted by atomic mass is 9.83. The minimum Gasteiger partial charge on any atom is -0.310 e. The number of carbonyl (C=O) groups excluding carboxylic acids is 1. The van der Waals surface area contributed by atoms with Crippen LogP contribution in [0.1, 0.15) is 31.9 Å². The van der Waals surface area contributed by atoms with Crippen LogP contribution in [0.5, 0.6) is 0 Å². The fourth-order valence-corrected chi connectivity index (χ4v) is 2.60. The van der Waals surface area contributed by atoms with Gasteiger partial charge in [0.1, 0.15) is 5.82 Å². The van der Waals surface area contributed by atoms with Crippen molar-refractivity contribution < 1.29 is 4.79 Å². The van der Waals surface area contributed by atoms with E-state index in [0.29, 0.717) is 5.82 Å². The van der Waals surface area contributed by atoms with Crippen molar-refractivity contribution in [1.82, 2.24) is 4.98 Å². The van der Waals surface area contributed by atoms with Gasteiger partial charge in [-0.15, -0.1) is 0 Å². The Labute approximate surface area is 97.4 Å². The predicted octanol–water partition coefficient (Wildman–Crippen LogP) is 2.64. The fourth-order valence-electron chi connectivity index (χ4n) is 2.02. The third-order valence-corrected chi connectivity index (χ3v) is 3.60. The van der Waals surface area contributed by atoms with Gasteiger partial charge in [0.05, 0.1) is 5.41 Å². The van der Waals surface area contributed by atoms with Crippen molar-refractivity contribution in [3.8, 4) is 0 Å². The first-order valence-corrected chi connectivity index (χ1v) is 5.77. The van der Waals surface area contributed by atoms with Crippen molar-refractivity contribution in [3.05, 3.63) is 21.8 Å². The first-order valence-electron chi connectivity index (χ1n) is 4.97. The topological polar surface area (TPSA) is 42.0 Å². The van der Waals surface area contributed by atoms with Crippen molar-refractivity contribution in [3.63, 3.8) is 0 Å². The molecule has 1 aliphatic rings. The monoisotopic (exact) mass is 268 g/mol. The largest absolute Gasteiger partial charge is 0.310 e. The molecule has 1 aliphatic heterocycles. The zero-order valence-electron chi connectivity index (χ0n) is 9.02. The molecular weight excluding hydrogens is 256 g/mol. The Morgan fingerprint density at radius 1 is 1.53 bits per heavy atom. The number of nitrogens with zero attached hydrogens (tertiary/aromatic N) is 1. The van der Waals surface area contributed by atoms with Crippen LogP contribution in [-0.4, -0.2) is 10.9 Å².